The Morgan fingerprint density at radius 2 is 2.21 bits per heavy atom. The first-order valence-electron chi connectivity index (χ1n) is 7.02. The standard InChI is InChI=1S/C14H25N3O2/c1-10-7-6-8-14(9-10,18-5)11-16-12(19-17-11)13(2,3)15-4/h10,15H,6-9H2,1-5H3. The first-order valence-corrected chi connectivity index (χ1v) is 7.02. The maximum atomic E-state index is 5.79. The molecule has 1 saturated carbocycles. The van der Waals surface area contributed by atoms with Gasteiger partial charge in [-0.15, -0.1) is 0 Å². The minimum Gasteiger partial charge on any atom is -0.370 e. The van der Waals surface area contributed by atoms with Crippen LogP contribution in [0.5, 0.6) is 0 Å². The molecule has 0 aliphatic heterocycles. The third kappa shape index (κ3) is 2.67. The highest BCUT2D eigenvalue weighted by atomic mass is 16.5. The van der Waals surface area contributed by atoms with Crippen LogP contribution in [0.25, 0.3) is 0 Å². The van der Waals surface area contributed by atoms with E-state index in [-0.39, 0.29) is 11.1 Å². The molecule has 5 nitrogen and oxygen atoms in total. The van der Waals surface area contributed by atoms with Crippen molar-refractivity contribution >= 4 is 0 Å². The van der Waals surface area contributed by atoms with Crippen molar-refractivity contribution in [3.63, 3.8) is 0 Å². The van der Waals surface area contributed by atoms with Crippen molar-refractivity contribution in [3.8, 4) is 0 Å². The van der Waals surface area contributed by atoms with Gasteiger partial charge in [-0.1, -0.05) is 18.5 Å². The molecule has 1 N–H and O–H groups in total. The van der Waals surface area contributed by atoms with Crippen LogP contribution in [0.15, 0.2) is 4.52 Å². The largest absolute Gasteiger partial charge is 0.370 e. The molecule has 0 bridgehead atoms. The molecule has 1 aliphatic rings. The zero-order chi connectivity index (χ0) is 14.1. The van der Waals surface area contributed by atoms with Crippen molar-refractivity contribution in [1.82, 2.24) is 15.5 Å². The van der Waals surface area contributed by atoms with Crippen LogP contribution >= 0.6 is 0 Å². The highest BCUT2D eigenvalue weighted by Gasteiger charge is 2.42. The lowest BCUT2D eigenvalue weighted by molar-refractivity contribution is -0.0658. The fraction of sp³-hybridized carbons (Fsp3) is 0.857. The first-order chi connectivity index (χ1) is 8.93. The molecule has 0 spiro atoms. The van der Waals surface area contributed by atoms with E-state index in [4.69, 9.17) is 9.26 Å². The van der Waals surface area contributed by atoms with Gasteiger partial charge in [0, 0.05) is 7.11 Å². The van der Waals surface area contributed by atoms with Gasteiger partial charge in [0.25, 0.3) is 0 Å². The van der Waals surface area contributed by atoms with Gasteiger partial charge < -0.3 is 14.6 Å². The Hall–Kier alpha value is -0.940. The van der Waals surface area contributed by atoms with Gasteiger partial charge in [-0.25, -0.2) is 0 Å². The summed E-state index contributed by atoms with van der Waals surface area (Å²) in [7, 11) is 3.63. The number of nitrogens with one attached hydrogen (secondary N) is 1. The number of nitrogens with zero attached hydrogens (tertiary/aromatic N) is 2. The number of ether oxygens (including phenoxy) is 1. The molecular formula is C14H25N3O2. The van der Waals surface area contributed by atoms with Crippen LogP contribution in [0.4, 0.5) is 0 Å². The van der Waals surface area contributed by atoms with Crippen LogP contribution in [0, 0.1) is 5.92 Å². The number of hydrogen-bond acceptors (Lipinski definition) is 5. The molecule has 0 radical (unpaired) electrons. The molecule has 1 fully saturated rings. The maximum absolute atomic E-state index is 5.79. The van der Waals surface area contributed by atoms with E-state index in [2.05, 4.69) is 22.4 Å². The summed E-state index contributed by atoms with van der Waals surface area (Å²) in [5.74, 6) is 1.94. The molecule has 19 heavy (non-hydrogen) atoms. The van der Waals surface area contributed by atoms with Crippen LogP contribution in [0.3, 0.4) is 0 Å². The predicted molar refractivity (Wildman–Crippen MR) is 72.7 cm³/mol. The summed E-state index contributed by atoms with van der Waals surface area (Å²) in [5.41, 5.74) is -0.691. The van der Waals surface area contributed by atoms with Crippen molar-refractivity contribution < 1.29 is 9.26 Å². The number of aromatic nitrogens is 2. The highest BCUT2D eigenvalue weighted by Crippen LogP contribution is 2.41. The molecule has 1 aromatic heterocycles. The zero-order valence-corrected chi connectivity index (χ0v) is 12.6. The second kappa shape index (κ2) is 5.21. The fourth-order valence-electron chi connectivity index (χ4n) is 2.75. The van der Waals surface area contributed by atoms with Gasteiger partial charge in [-0.3, -0.25) is 0 Å². The van der Waals surface area contributed by atoms with E-state index < -0.39 is 0 Å². The van der Waals surface area contributed by atoms with E-state index in [0.717, 1.165) is 19.3 Å². The summed E-state index contributed by atoms with van der Waals surface area (Å²) in [5, 5.41) is 7.36. The molecule has 0 aromatic carbocycles. The summed E-state index contributed by atoms with van der Waals surface area (Å²) >= 11 is 0. The molecule has 1 aromatic rings. The molecule has 0 saturated heterocycles. The summed E-state index contributed by atoms with van der Waals surface area (Å²) < 4.78 is 11.2. The molecule has 2 unspecified atom stereocenters. The van der Waals surface area contributed by atoms with Crippen molar-refractivity contribution in [2.75, 3.05) is 14.2 Å². The number of methoxy groups -OCH3 is 1. The van der Waals surface area contributed by atoms with E-state index >= 15 is 0 Å². The molecular weight excluding hydrogens is 242 g/mol. The second-order valence-electron chi connectivity index (χ2n) is 6.20. The molecule has 0 amide bonds. The van der Waals surface area contributed by atoms with Gasteiger partial charge >= 0.3 is 0 Å². The van der Waals surface area contributed by atoms with Crippen LogP contribution < -0.4 is 5.32 Å². The predicted octanol–water partition coefficient (Wildman–Crippen LogP) is 2.58. The minimum absolute atomic E-state index is 0.319. The Kier molecular flexibility index (Phi) is 3.97. The average Bonchev–Trinajstić information content (AvgIpc) is 2.89. The van der Waals surface area contributed by atoms with E-state index in [9.17, 15) is 0 Å². The van der Waals surface area contributed by atoms with Gasteiger partial charge in [-0.2, -0.15) is 4.98 Å². The summed E-state index contributed by atoms with van der Waals surface area (Å²) in [6.07, 6.45) is 4.32. The van der Waals surface area contributed by atoms with Crippen LogP contribution in [0.2, 0.25) is 0 Å². The smallest absolute Gasteiger partial charge is 0.246 e. The van der Waals surface area contributed by atoms with Gasteiger partial charge in [0.2, 0.25) is 11.7 Å². The summed E-state index contributed by atoms with van der Waals surface area (Å²) in [6, 6.07) is 0. The second-order valence-corrected chi connectivity index (χ2v) is 6.20. The van der Waals surface area contributed by atoms with Crippen molar-refractivity contribution in [2.24, 2.45) is 5.92 Å². The maximum Gasteiger partial charge on any atom is 0.246 e. The molecule has 2 rings (SSSR count). The lowest BCUT2D eigenvalue weighted by Gasteiger charge is -2.36. The van der Waals surface area contributed by atoms with Crippen LogP contribution in [0.1, 0.15) is 58.2 Å². The normalized spacial score (nSPS) is 28.6. The zero-order valence-electron chi connectivity index (χ0n) is 12.6. The van der Waals surface area contributed by atoms with Crippen molar-refractivity contribution in [1.29, 1.82) is 0 Å². The number of rotatable bonds is 4. The Morgan fingerprint density at radius 1 is 1.47 bits per heavy atom. The Labute approximate surface area is 115 Å². The molecule has 108 valence electrons. The lowest BCUT2D eigenvalue weighted by atomic mass is 9.78. The van der Waals surface area contributed by atoms with Gasteiger partial charge in [-0.05, 0) is 46.1 Å². The summed E-state index contributed by atoms with van der Waals surface area (Å²) in [4.78, 5) is 4.59. The van der Waals surface area contributed by atoms with Crippen LogP contribution in [-0.2, 0) is 15.9 Å². The Bertz CT molecular complexity index is 430. The molecule has 5 heteroatoms. The fourth-order valence-corrected chi connectivity index (χ4v) is 2.75. The van der Waals surface area contributed by atoms with Crippen LogP contribution in [-0.4, -0.2) is 24.3 Å². The SMILES string of the molecule is CNC(C)(C)c1nc(C2(OC)CCCC(C)C2)no1. The van der Waals surface area contributed by atoms with Crippen molar-refractivity contribution in [3.05, 3.63) is 11.7 Å². The topological polar surface area (TPSA) is 60.2 Å². The summed E-state index contributed by atoms with van der Waals surface area (Å²) in [6.45, 7) is 6.30. The highest BCUT2D eigenvalue weighted by molar-refractivity contribution is 5.07. The third-order valence-corrected chi connectivity index (χ3v) is 4.34. The Balaban J connectivity index is 2.29. The third-order valence-electron chi connectivity index (χ3n) is 4.34. The van der Waals surface area contributed by atoms with E-state index in [0.29, 0.717) is 17.6 Å². The van der Waals surface area contributed by atoms with Gasteiger partial charge in [0.15, 0.2) is 0 Å². The average molecular weight is 267 g/mol. The Morgan fingerprint density at radius 3 is 2.79 bits per heavy atom. The lowest BCUT2D eigenvalue weighted by Crippen LogP contribution is -2.36. The molecule has 2 atom stereocenters. The van der Waals surface area contributed by atoms with E-state index in [1.54, 1.807) is 7.11 Å². The van der Waals surface area contributed by atoms with Crippen molar-refractivity contribution in [2.45, 2.75) is 57.6 Å². The van der Waals surface area contributed by atoms with Gasteiger partial charge in [0.1, 0.15) is 5.60 Å². The van der Waals surface area contributed by atoms with E-state index in [1.807, 2.05) is 20.9 Å². The number of hydrogen-bond donors (Lipinski definition) is 1. The van der Waals surface area contributed by atoms with E-state index in [1.165, 1.54) is 6.42 Å². The molecule has 1 aliphatic carbocycles. The van der Waals surface area contributed by atoms with Gasteiger partial charge in [0.05, 0.1) is 5.54 Å². The minimum atomic E-state index is -0.372. The monoisotopic (exact) mass is 267 g/mol. The first kappa shape index (κ1) is 14.5. The molecule has 1 heterocycles. The quantitative estimate of drug-likeness (QED) is 0.908.